The summed E-state index contributed by atoms with van der Waals surface area (Å²) >= 11 is 0. The Labute approximate surface area is 150 Å². The first-order valence-corrected chi connectivity index (χ1v) is 8.16. The van der Waals surface area contributed by atoms with Crippen molar-refractivity contribution in [3.63, 3.8) is 0 Å². The first-order valence-electron chi connectivity index (χ1n) is 8.16. The third-order valence-corrected chi connectivity index (χ3v) is 3.63. The lowest BCUT2D eigenvalue weighted by Crippen LogP contribution is -2.13. The summed E-state index contributed by atoms with van der Waals surface area (Å²) in [6.45, 7) is 5.40. The van der Waals surface area contributed by atoms with Gasteiger partial charge in [0.15, 0.2) is 5.82 Å². The number of fused-ring (bicyclic) bond motifs is 1. The predicted octanol–water partition coefficient (Wildman–Crippen LogP) is 2.87. The minimum atomic E-state index is -0.182. The molecule has 0 unspecified atom stereocenters. The van der Waals surface area contributed by atoms with Crippen molar-refractivity contribution in [1.29, 1.82) is 0 Å². The molecule has 0 radical (unpaired) electrons. The highest BCUT2D eigenvalue weighted by atomic mass is 16.1. The fourth-order valence-corrected chi connectivity index (χ4v) is 2.38. The third kappa shape index (κ3) is 4.10. The van der Waals surface area contributed by atoms with Crippen LogP contribution in [0.5, 0.6) is 0 Å². The molecule has 0 spiro atoms. The minimum Gasteiger partial charge on any atom is -0.342 e. The topological polar surface area (TPSA) is 112 Å². The van der Waals surface area contributed by atoms with E-state index in [-0.39, 0.29) is 18.3 Å². The number of anilines is 1. The molecule has 3 rings (SSSR count). The van der Waals surface area contributed by atoms with Gasteiger partial charge in [0.05, 0.1) is 11.0 Å². The molecule has 0 atom stereocenters. The molecule has 0 aliphatic rings. The third-order valence-electron chi connectivity index (χ3n) is 3.63. The molecular formula is C18H19N7O. The van der Waals surface area contributed by atoms with E-state index >= 15 is 0 Å². The van der Waals surface area contributed by atoms with Crippen LogP contribution in [0.25, 0.3) is 16.7 Å². The second-order valence-electron chi connectivity index (χ2n) is 5.51. The summed E-state index contributed by atoms with van der Waals surface area (Å²) in [4.78, 5) is 26.6. The van der Waals surface area contributed by atoms with E-state index in [0.717, 1.165) is 16.9 Å². The number of nitrogens with zero attached hydrogens (tertiary/aromatic N) is 4. The summed E-state index contributed by atoms with van der Waals surface area (Å²) < 4.78 is 0. The summed E-state index contributed by atoms with van der Waals surface area (Å²) in [5.41, 5.74) is 2.39. The van der Waals surface area contributed by atoms with Crippen LogP contribution in [-0.2, 0) is 11.2 Å². The highest BCUT2D eigenvalue weighted by molar-refractivity contribution is 5.89. The normalized spacial score (nSPS) is 12.0. The van der Waals surface area contributed by atoms with Crippen LogP contribution in [0.2, 0.25) is 0 Å². The molecule has 3 N–H and O–H groups in total. The second-order valence-corrected chi connectivity index (χ2v) is 5.51. The minimum absolute atomic E-state index is 0.182. The Hall–Kier alpha value is -3.55. The number of nitrogens with one attached hydrogen (secondary N) is 3. The van der Waals surface area contributed by atoms with Gasteiger partial charge in [-0.3, -0.25) is 15.1 Å². The van der Waals surface area contributed by atoms with Crippen molar-refractivity contribution in [2.45, 2.75) is 19.8 Å². The Kier molecular flexibility index (Phi) is 5.33. The zero-order chi connectivity index (χ0) is 18.4. The molecular weight excluding hydrogens is 330 g/mol. The number of aryl methyl sites for hydroxylation is 1. The van der Waals surface area contributed by atoms with E-state index in [2.05, 4.69) is 42.2 Å². The number of rotatable bonds is 7. The summed E-state index contributed by atoms with van der Waals surface area (Å²) in [5.74, 6) is 1.29. The molecule has 0 saturated carbocycles. The highest BCUT2D eigenvalue weighted by Gasteiger charge is 2.10. The number of carbonyl (C=O) groups excluding carboxylic acids is 1. The van der Waals surface area contributed by atoms with Gasteiger partial charge in [0.25, 0.3) is 0 Å². The number of H-pyrrole nitrogens is 2. The van der Waals surface area contributed by atoms with Gasteiger partial charge in [0.1, 0.15) is 11.5 Å². The molecule has 0 aliphatic heterocycles. The molecule has 3 aromatic rings. The van der Waals surface area contributed by atoms with Crippen molar-refractivity contribution in [2.24, 2.45) is 4.99 Å². The van der Waals surface area contributed by atoms with Crippen molar-refractivity contribution >= 4 is 35.3 Å². The maximum absolute atomic E-state index is 12.1. The molecule has 0 fully saturated rings. The van der Waals surface area contributed by atoms with Crippen molar-refractivity contribution in [1.82, 2.24) is 25.1 Å². The second kappa shape index (κ2) is 8.02. The van der Waals surface area contributed by atoms with Crippen LogP contribution in [0.15, 0.2) is 47.5 Å². The van der Waals surface area contributed by atoms with Gasteiger partial charge in [-0.2, -0.15) is 0 Å². The molecule has 8 nitrogen and oxygen atoms in total. The lowest BCUT2D eigenvalue weighted by atomic mass is 10.3. The zero-order valence-corrected chi connectivity index (χ0v) is 14.4. The number of imidazole rings is 1. The van der Waals surface area contributed by atoms with E-state index in [1.165, 1.54) is 0 Å². The molecule has 2 aromatic heterocycles. The Morgan fingerprint density at radius 3 is 2.92 bits per heavy atom. The zero-order valence-electron chi connectivity index (χ0n) is 14.4. The molecule has 1 amide bonds. The average molecular weight is 349 g/mol. The van der Waals surface area contributed by atoms with Crippen LogP contribution in [0, 0.1) is 0 Å². The Balaban J connectivity index is 1.59. The number of aliphatic imine (C=N–C) groups is 1. The van der Waals surface area contributed by atoms with Crippen LogP contribution in [0.1, 0.15) is 25.0 Å². The van der Waals surface area contributed by atoms with Crippen LogP contribution < -0.4 is 5.32 Å². The van der Waals surface area contributed by atoms with Gasteiger partial charge in [0, 0.05) is 12.8 Å². The SMILES string of the molecule is C=N/C(=C\C=C/C)c1nnc(NC(=O)CCc2nc3ccccc3[nH]2)[nH]1. The molecule has 8 heteroatoms. The first kappa shape index (κ1) is 17.3. The van der Waals surface area contributed by atoms with Gasteiger partial charge in [-0.1, -0.05) is 24.3 Å². The lowest BCUT2D eigenvalue weighted by molar-refractivity contribution is -0.116. The smallest absolute Gasteiger partial charge is 0.228 e. The monoisotopic (exact) mass is 349 g/mol. The molecule has 0 saturated heterocycles. The first-order chi connectivity index (χ1) is 12.7. The van der Waals surface area contributed by atoms with Crippen molar-refractivity contribution in [3.05, 3.63) is 54.1 Å². The van der Waals surface area contributed by atoms with Crippen LogP contribution >= 0.6 is 0 Å². The summed E-state index contributed by atoms with van der Waals surface area (Å²) in [6, 6.07) is 7.75. The summed E-state index contributed by atoms with van der Waals surface area (Å²) in [5, 5.41) is 10.6. The summed E-state index contributed by atoms with van der Waals surface area (Å²) in [6.07, 6.45) is 6.21. The van der Waals surface area contributed by atoms with Gasteiger partial charge in [-0.15, -0.1) is 10.2 Å². The van der Waals surface area contributed by atoms with E-state index in [1.54, 1.807) is 6.08 Å². The fraction of sp³-hybridized carbons (Fsp3) is 0.167. The molecule has 132 valence electrons. The quantitative estimate of drug-likeness (QED) is 0.450. The van der Waals surface area contributed by atoms with E-state index < -0.39 is 0 Å². The van der Waals surface area contributed by atoms with Crippen molar-refractivity contribution in [3.8, 4) is 0 Å². The predicted molar refractivity (Wildman–Crippen MR) is 102 cm³/mol. The van der Waals surface area contributed by atoms with E-state index in [0.29, 0.717) is 17.9 Å². The van der Waals surface area contributed by atoms with Crippen LogP contribution in [-0.4, -0.2) is 37.8 Å². The van der Waals surface area contributed by atoms with Crippen molar-refractivity contribution in [2.75, 3.05) is 5.32 Å². The number of allylic oxidation sites excluding steroid dienone is 3. The van der Waals surface area contributed by atoms with Gasteiger partial charge in [-0.05, 0) is 31.9 Å². The maximum Gasteiger partial charge on any atom is 0.228 e. The van der Waals surface area contributed by atoms with E-state index in [1.807, 2.05) is 43.3 Å². The number of hydrogen-bond donors (Lipinski definition) is 3. The number of carbonyl (C=O) groups is 1. The molecule has 0 bridgehead atoms. The van der Waals surface area contributed by atoms with E-state index in [4.69, 9.17) is 0 Å². The number of amides is 1. The van der Waals surface area contributed by atoms with Gasteiger partial charge >= 0.3 is 0 Å². The Morgan fingerprint density at radius 2 is 2.15 bits per heavy atom. The lowest BCUT2D eigenvalue weighted by Gasteiger charge is -2.00. The van der Waals surface area contributed by atoms with Gasteiger partial charge < -0.3 is 9.97 Å². The number of aromatic amines is 2. The standard InChI is InChI=1S/C18H19N7O/c1-3-4-7-14(19-2)17-23-18(25-24-17)22-16(26)11-10-15-20-12-8-5-6-9-13(12)21-15/h3-9H,2,10-11H2,1H3,(H,20,21)(H2,22,23,24,25,26)/b4-3-,14-7-. The largest absolute Gasteiger partial charge is 0.342 e. The Bertz CT molecular complexity index is 947. The molecule has 26 heavy (non-hydrogen) atoms. The van der Waals surface area contributed by atoms with E-state index in [9.17, 15) is 4.79 Å². The molecule has 0 aliphatic carbocycles. The average Bonchev–Trinajstić information content (AvgIpc) is 3.27. The number of benzene rings is 1. The molecule has 1 aromatic carbocycles. The maximum atomic E-state index is 12.1. The fourth-order valence-electron chi connectivity index (χ4n) is 2.38. The van der Waals surface area contributed by atoms with Gasteiger partial charge in [0.2, 0.25) is 11.9 Å². The number of para-hydroxylation sites is 2. The summed E-state index contributed by atoms with van der Waals surface area (Å²) in [7, 11) is 0. The highest BCUT2D eigenvalue weighted by Crippen LogP contribution is 2.13. The van der Waals surface area contributed by atoms with Crippen LogP contribution in [0.3, 0.4) is 0 Å². The van der Waals surface area contributed by atoms with Crippen LogP contribution in [0.4, 0.5) is 5.95 Å². The van der Waals surface area contributed by atoms with Crippen molar-refractivity contribution < 1.29 is 4.79 Å². The van der Waals surface area contributed by atoms with Gasteiger partial charge in [-0.25, -0.2) is 4.98 Å². The number of aromatic nitrogens is 5. The Morgan fingerprint density at radius 1 is 1.31 bits per heavy atom. The molecule has 2 heterocycles. The number of hydrogen-bond acceptors (Lipinski definition) is 5.